The van der Waals surface area contributed by atoms with Gasteiger partial charge in [-0.25, -0.2) is 14.2 Å². The van der Waals surface area contributed by atoms with E-state index in [1.54, 1.807) is 55.5 Å². The number of benzene rings is 3. The van der Waals surface area contributed by atoms with Crippen LogP contribution < -0.4 is 10.2 Å². The fourth-order valence-corrected chi connectivity index (χ4v) is 3.85. The van der Waals surface area contributed by atoms with Gasteiger partial charge in [0, 0.05) is 11.1 Å². The van der Waals surface area contributed by atoms with Crippen LogP contribution in [-0.2, 0) is 20.9 Å². The van der Waals surface area contributed by atoms with Crippen molar-refractivity contribution in [3.63, 3.8) is 0 Å². The first-order valence-electron chi connectivity index (χ1n) is 10.8. The number of hydrogen-bond acceptors (Lipinski definition) is 5. The number of aliphatic carboxylic acids is 1. The van der Waals surface area contributed by atoms with E-state index < -0.39 is 36.5 Å². The number of halogens is 1. The van der Waals surface area contributed by atoms with Crippen molar-refractivity contribution < 1.29 is 28.6 Å². The third-order valence-corrected chi connectivity index (χ3v) is 5.41. The number of aliphatic imine (C=N–C) groups is 1. The van der Waals surface area contributed by atoms with Gasteiger partial charge in [-0.2, -0.15) is 0 Å². The van der Waals surface area contributed by atoms with Crippen LogP contribution in [0.25, 0.3) is 0 Å². The molecule has 4 rings (SSSR count). The molecule has 1 heterocycles. The number of fused-ring (bicyclic) bond motifs is 1. The van der Waals surface area contributed by atoms with Crippen molar-refractivity contribution in [2.45, 2.75) is 19.7 Å². The molecule has 178 valence electrons. The maximum absolute atomic E-state index is 14.8. The number of nitrogens with zero attached hydrogens (tertiary/aromatic N) is 2. The highest BCUT2D eigenvalue weighted by Gasteiger charge is 2.35. The number of alkyl carbamates (subject to hydrolysis) is 1. The quantitative estimate of drug-likeness (QED) is 0.566. The molecule has 0 bridgehead atoms. The number of para-hydroxylation sites is 1. The summed E-state index contributed by atoms with van der Waals surface area (Å²) in [4.78, 5) is 43.1. The number of ether oxygens (including phenoxy) is 1. The number of nitrogens with one attached hydrogen (secondary N) is 1. The van der Waals surface area contributed by atoms with E-state index in [2.05, 4.69) is 10.3 Å². The van der Waals surface area contributed by atoms with E-state index in [4.69, 9.17) is 4.74 Å². The van der Waals surface area contributed by atoms with Gasteiger partial charge in [-0.3, -0.25) is 19.8 Å². The first-order chi connectivity index (χ1) is 16.8. The van der Waals surface area contributed by atoms with Crippen LogP contribution in [0.4, 0.5) is 14.9 Å². The summed E-state index contributed by atoms with van der Waals surface area (Å²) in [5.41, 5.74) is 2.19. The van der Waals surface area contributed by atoms with Crippen molar-refractivity contribution in [2.75, 3.05) is 11.4 Å². The Morgan fingerprint density at radius 1 is 1.03 bits per heavy atom. The second kappa shape index (κ2) is 10.2. The summed E-state index contributed by atoms with van der Waals surface area (Å²) in [5.74, 6) is -2.62. The van der Waals surface area contributed by atoms with E-state index >= 15 is 0 Å². The molecule has 0 spiro atoms. The number of amides is 2. The zero-order valence-electron chi connectivity index (χ0n) is 18.8. The Morgan fingerprint density at radius 2 is 1.71 bits per heavy atom. The van der Waals surface area contributed by atoms with Gasteiger partial charge in [-0.05, 0) is 30.2 Å². The first-order valence-corrected chi connectivity index (χ1v) is 10.8. The second-order valence-corrected chi connectivity index (χ2v) is 7.86. The fraction of sp³-hybridized carbons (Fsp3) is 0.154. The molecule has 0 saturated carbocycles. The number of carboxylic acid groups (broad SMARTS) is 1. The van der Waals surface area contributed by atoms with Crippen LogP contribution >= 0.6 is 0 Å². The highest BCUT2D eigenvalue weighted by Crippen LogP contribution is 2.32. The summed E-state index contributed by atoms with van der Waals surface area (Å²) in [7, 11) is 0. The third kappa shape index (κ3) is 5.19. The molecule has 0 saturated heterocycles. The van der Waals surface area contributed by atoms with Crippen molar-refractivity contribution in [1.82, 2.24) is 5.32 Å². The average molecular weight is 475 g/mol. The van der Waals surface area contributed by atoms with Crippen molar-refractivity contribution in [1.29, 1.82) is 0 Å². The first kappa shape index (κ1) is 23.6. The van der Waals surface area contributed by atoms with Crippen LogP contribution in [0.1, 0.15) is 22.3 Å². The molecular weight excluding hydrogens is 453 g/mol. The summed E-state index contributed by atoms with van der Waals surface area (Å²) in [6.07, 6.45) is -2.47. The van der Waals surface area contributed by atoms with Gasteiger partial charge >= 0.3 is 12.1 Å². The van der Waals surface area contributed by atoms with Crippen LogP contribution in [0.5, 0.6) is 0 Å². The Balaban J connectivity index is 1.75. The lowest BCUT2D eigenvalue weighted by molar-refractivity contribution is -0.136. The molecule has 2 N–H and O–H groups in total. The molecule has 0 unspecified atom stereocenters. The van der Waals surface area contributed by atoms with Crippen LogP contribution in [0.3, 0.4) is 0 Å². The molecule has 1 aliphatic heterocycles. The van der Waals surface area contributed by atoms with E-state index in [1.165, 1.54) is 18.2 Å². The maximum Gasteiger partial charge on any atom is 0.409 e. The fourth-order valence-electron chi connectivity index (χ4n) is 3.85. The van der Waals surface area contributed by atoms with Gasteiger partial charge in [0.25, 0.3) is 5.91 Å². The molecule has 1 aliphatic rings. The molecule has 0 aromatic heterocycles. The van der Waals surface area contributed by atoms with Crippen molar-refractivity contribution in [2.24, 2.45) is 4.99 Å². The number of carbonyl (C=O) groups excluding carboxylic acids is 2. The van der Waals surface area contributed by atoms with Crippen LogP contribution in [0.15, 0.2) is 77.8 Å². The topological polar surface area (TPSA) is 108 Å². The number of aryl methyl sites for hydroxylation is 1. The lowest BCUT2D eigenvalue weighted by Gasteiger charge is -2.25. The highest BCUT2D eigenvalue weighted by atomic mass is 19.1. The van der Waals surface area contributed by atoms with E-state index in [-0.39, 0.29) is 23.6 Å². The van der Waals surface area contributed by atoms with E-state index in [0.29, 0.717) is 11.1 Å². The lowest BCUT2D eigenvalue weighted by atomic mass is 9.97. The maximum atomic E-state index is 14.8. The van der Waals surface area contributed by atoms with Gasteiger partial charge in [0.2, 0.25) is 6.17 Å². The molecule has 0 fully saturated rings. The third-order valence-electron chi connectivity index (χ3n) is 5.41. The van der Waals surface area contributed by atoms with Crippen LogP contribution in [-0.4, -0.2) is 41.5 Å². The Hall–Kier alpha value is -4.53. The number of carbonyl (C=O) groups is 3. The van der Waals surface area contributed by atoms with E-state index in [1.807, 2.05) is 6.07 Å². The van der Waals surface area contributed by atoms with Gasteiger partial charge in [0.05, 0.1) is 11.4 Å². The van der Waals surface area contributed by atoms with Gasteiger partial charge in [-0.1, -0.05) is 60.7 Å². The number of hydrogen-bond donors (Lipinski definition) is 2. The van der Waals surface area contributed by atoms with Gasteiger partial charge < -0.3 is 9.84 Å². The summed E-state index contributed by atoms with van der Waals surface area (Å²) in [5, 5.41) is 11.9. The minimum Gasteiger partial charge on any atom is -0.480 e. The SMILES string of the molecule is Cc1cccc2c1N(CC(=O)O)C(=O)[C@@H](NC(=O)OCc1ccccc1)N=C2c1ccccc1F. The van der Waals surface area contributed by atoms with Crippen molar-refractivity contribution >= 4 is 29.4 Å². The summed E-state index contributed by atoms with van der Waals surface area (Å²) < 4.78 is 20.0. The number of rotatable bonds is 6. The molecule has 9 heteroatoms. The molecule has 3 aromatic rings. The standard InChI is InChI=1S/C26H22FN3O5/c1-16-8-7-12-19-22(18-11-5-6-13-20(18)27)28-24(25(33)30(23(16)19)14-21(31)32)29-26(34)35-15-17-9-3-2-4-10-17/h2-13,24H,14-15H2,1H3,(H,29,34)(H,31,32)/t24-/m1/s1. The number of anilines is 1. The predicted octanol–water partition coefficient (Wildman–Crippen LogP) is 3.66. The van der Waals surface area contributed by atoms with Crippen LogP contribution in [0.2, 0.25) is 0 Å². The number of benzodiazepines with no additional fused rings is 1. The summed E-state index contributed by atoms with van der Waals surface area (Å²) in [6.45, 7) is 0.992. The normalized spacial score (nSPS) is 15.0. The Morgan fingerprint density at radius 3 is 2.43 bits per heavy atom. The molecule has 0 aliphatic carbocycles. The molecule has 1 atom stereocenters. The van der Waals surface area contributed by atoms with Gasteiger partial charge in [-0.15, -0.1) is 0 Å². The molecule has 0 radical (unpaired) electrons. The predicted molar refractivity (Wildman–Crippen MR) is 127 cm³/mol. The second-order valence-electron chi connectivity index (χ2n) is 7.86. The zero-order valence-corrected chi connectivity index (χ0v) is 18.8. The van der Waals surface area contributed by atoms with E-state index in [9.17, 15) is 23.9 Å². The molecular formula is C26H22FN3O5. The summed E-state index contributed by atoms with van der Waals surface area (Å²) >= 11 is 0. The van der Waals surface area contributed by atoms with Crippen LogP contribution in [0, 0.1) is 12.7 Å². The van der Waals surface area contributed by atoms with Gasteiger partial charge in [0.1, 0.15) is 19.0 Å². The molecule has 8 nitrogen and oxygen atoms in total. The van der Waals surface area contributed by atoms with E-state index in [0.717, 1.165) is 10.5 Å². The average Bonchev–Trinajstić information content (AvgIpc) is 2.95. The van der Waals surface area contributed by atoms with Crippen molar-refractivity contribution in [3.8, 4) is 0 Å². The Kier molecular flexibility index (Phi) is 6.86. The lowest BCUT2D eigenvalue weighted by Crippen LogP contribution is -2.49. The Bertz CT molecular complexity index is 1310. The molecule has 3 aromatic carbocycles. The minimum atomic E-state index is -1.54. The number of carboxylic acids is 1. The monoisotopic (exact) mass is 475 g/mol. The molecule has 35 heavy (non-hydrogen) atoms. The largest absolute Gasteiger partial charge is 0.480 e. The smallest absolute Gasteiger partial charge is 0.409 e. The van der Waals surface area contributed by atoms with Gasteiger partial charge in [0.15, 0.2) is 0 Å². The molecule has 2 amide bonds. The Labute approximate surface area is 200 Å². The minimum absolute atomic E-state index is 0.0460. The zero-order chi connectivity index (χ0) is 24.9. The highest BCUT2D eigenvalue weighted by molar-refractivity contribution is 6.21. The summed E-state index contributed by atoms with van der Waals surface area (Å²) in [6, 6.07) is 19.9. The van der Waals surface area contributed by atoms with Crippen molar-refractivity contribution in [3.05, 3.63) is 101 Å².